The molecule has 2 amide bonds. The summed E-state index contributed by atoms with van der Waals surface area (Å²) in [5, 5.41) is 3.06. The molecule has 1 fully saturated rings. The van der Waals surface area contributed by atoms with Crippen molar-refractivity contribution in [3.8, 4) is 0 Å². The molecule has 0 unspecified atom stereocenters. The third-order valence-electron chi connectivity index (χ3n) is 4.71. The molecule has 1 N–H and O–H groups in total. The van der Waals surface area contributed by atoms with Crippen LogP contribution in [0.25, 0.3) is 0 Å². The lowest BCUT2D eigenvalue weighted by molar-refractivity contribution is -0.127. The number of carbonyl (C=O) groups excluding carboxylic acids is 2. The molecule has 0 radical (unpaired) electrons. The lowest BCUT2D eigenvalue weighted by atomic mass is 10.1. The van der Waals surface area contributed by atoms with Crippen LogP contribution in [0.1, 0.15) is 23.1 Å². The van der Waals surface area contributed by atoms with Crippen LogP contribution in [-0.2, 0) is 9.59 Å². The van der Waals surface area contributed by atoms with Crippen LogP contribution >= 0.6 is 11.8 Å². The van der Waals surface area contributed by atoms with Crippen molar-refractivity contribution < 1.29 is 9.59 Å². The second kappa shape index (κ2) is 9.09. The lowest BCUT2D eigenvalue weighted by Gasteiger charge is -2.14. The van der Waals surface area contributed by atoms with Crippen molar-refractivity contribution in [1.82, 2.24) is 4.90 Å². The first-order valence-electron chi connectivity index (χ1n) is 9.49. The number of hydrogen-bond donors (Lipinski definition) is 1. The van der Waals surface area contributed by atoms with Crippen molar-refractivity contribution in [3.05, 3.63) is 71.8 Å². The predicted molar refractivity (Wildman–Crippen MR) is 121 cm³/mol. The number of para-hydroxylation sites is 1. The Morgan fingerprint density at radius 3 is 2.45 bits per heavy atom. The number of amidine groups is 1. The van der Waals surface area contributed by atoms with Gasteiger partial charge in [-0.2, -0.15) is 0 Å². The summed E-state index contributed by atoms with van der Waals surface area (Å²) in [5.41, 5.74) is 4.73. The molecule has 29 heavy (non-hydrogen) atoms. The number of nitrogens with zero attached hydrogens (tertiary/aromatic N) is 2. The highest BCUT2D eigenvalue weighted by Gasteiger charge is 2.38. The molecule has 5 nitrogen and oxygen atoms in total. The Hall–Kier alpha value is -2.86. The number of thioether (sulfide) groups is 1. The van der Waals surface area contributed by atoms with E-state index in [9.17, 15) is 9.59 Å². The summed E-state index contributed by atoms with van der Waals surface area (Å²) in [4.78, 5) is 31.7. The maximum Gasteiger partial charge on any atom is 0.242 e. The van der Waals surface area contributed by atoms with Gasteiger partial charge in [0.05, 0.1) is 5.69 Å². The highest BCUT2D eigenvalue weighted by molar-refractivity contribution is 8.15. The molecule has 0 spiro atoms. The normalized spacial score (nSPS) is 17.6. The number of anilines is 1. The largest absolute Gasteiger partial charge is 0.326 e. The zero-order valence-corrected chi connectivity index (χ0v) is 17.8. The highest BCUT2D eigenvalue weighted by atomic mass is 32.2. The van der Waals surface area contributed by atoms with Gasteiger partial charge in [0.1, 0.15) is 5.25 Å². The molecule has 0 saturated carbocycles. The van der Waals surface area contributed by atoms with Gasteiger partial charge in [0.2, 0.25) is 11.8 Å². The fourth-order valence-electron chi connectivity index (χ4n) is 3.12. The molecular formula is C23H25N3O2S. The summed E-state index contributed by atoms with van der Waals surface area (Å²) >= 11 is 1.33. The molecule has 2 aromatic rings. The minimum absolute atomic E-state index is 0.0951. The molecule has 3 rings (SSSR count). The molecule has 1 heterocycles. The van der Waals surface area contributed by atoms with Gasteiger partial charge in [-0.1, -0.05) is 53.7 Å². The molecule has 0 bridgehead atoms. The van der Waals surface area contributed by atoms with Crippen LogP contribution in [0.3, 0.4) is 0 Å². The zero-order chi connectivity index (χ0) is 21.0. The van der Waals surface area contributed by atoms with E-state index >= 15 is 0 Å². The molecule has 0 aliphatic carbocycles. The number of aryl methyl sites for hydroxylation is 3. The number of amides is 2. The SMILES string of the molecule is C=CCN1C(=O)[C@@H](CC(=O)Nc2c(C)cccc2C)SC1=Nc1ccc(C)cc1. The Balaban J connectivity index is 1.76. The molecule has 6 heteroatoms. The van der Waals surface area contributed by atoms with E-state index in [2.05, 4.69) is 16.9 Å². The third kappa shape index (κ3) is 4.95. The van der Waals surface area contributed by atoms with Crippen LogP contribution in [0.15, 0.2) is 60.1 Å². The van der Waals surface area contributed by atoms with Crippen molar-refractivity contribution in [1.29, 1.82) is 0 Å². The molecule has 1 atom stereocenters. The van der Waals surface area contributed by atoms with Gasteiger partial charge < -0.3 is 5.32 Å². The Kier molecular flexibility index (Phi) is 6.54. The van der Waals surface area contributed by atoms with Crippen molar-refractivity contribution in [2.45, 2.75) is 32.4 Å². The van der Waals surface area contributed by atoms with Crippen LogP contribution in [0, 0.1) is 20.8 Å². The standard InChI is InChI=1S/C23H25N3O2S/c1-5-13-26-22(28)19(29-23(26)24-18-11-9-15(2)10-12-18)14-20(27)25-21-16(3)7-6-8-17(21)4/h5-12,19H,1,13-14H2,2-4H3,(H,25,27)/t19-/m1/s1. The van der Waals surface area contributed by atoms with Gasteiger partial charge in [-0.15, -0.1) is 6.58 Å². The van der Waals surface area contributed by atoms with E-state index in [1.165, 1.54) is 11.8 Å². The molecule has 2 aromatic carbocycles. The number of carbonyl (C=O) groups is 2. The summed E-state index contributed by atoms with van der Waals surface area (Å²) < 4.78 is 0. The maximum atomic E-state index is 12.9. The Morgan fingerprint density at radius 1 is 1.17 bits per heavy atom. The van der Waals surface area contributed by atoms with Crippen molar-refractivity contribution in [2.75, 3.05) is 11.9 Å². The lowest BCUT2D eigenvalue weighted by Crippen LogP contribution is -2.33. The summed E-state index contributed by atoms with van der Waals surface area (Å²) in [6.07, 6.45) is 1.76. The van der Waals surface area contributed by atoms with Crippen LogP contribution in [0.5, 0.6) is 0 Å². The van der Waals surface area contributed by atoms with E-state index in [0.717, 1.165) is 28.1 Å². The van der Waals surface area contributed by atoms with Gasteiger partial charge in [0.25, 0.3) is 0 Å². The second-order valence-corrected chi connectivity index (χ2v) is 8.26. The Morgan fingerprint density at radius 2 is 1.83 bits per heavy atom. The Bertz CT molecular complexity index is 946. The van der Waals surface area contributed by atoms with Crippen LogP contribution in [0.2, 0.25) is 0 Å². The number of rotatable bonds is 6. The second-order valence-electron chi connectivity index (χ2n) is 7.09. The quantitative estimate of drug-likeness (QED) is 0.703. The minimum atomic E-state index is -0.497. The number of hydrogen-bond acceptors (Lipinski definition) is 4. The molecule has 1 saturated heterocycles. The topological polar surface area (TPSA) is 61.8 Å². The number of benzene rings is 2. The van der Waals surface area contributed by atoms with Gasteiger partial charge >= 0.3 is 0 Å². The van der Waals surface area contributed by atoms with E-state index in [0.29, 0.717) is 11.7 Å². The first-order chi connectivity index (χ1) is 13.9. The highest BCUT2D eigenvalue weighted by Crippen LogP contribution is 2.32. The molecule has 1 aliphatic rings. The summed E-state index contributed by atoms with van der Waals surface area (Å²) in [6.45, 7) is 10.0. The molecular weight excluding hydrogens is 382 g/mol. The average Bonchev–Trinajstić information content (AvgIpc) is 2.96. The van der Waals surface area contributed by atoms with E-state index in [1.807, 2.05) is 63.2 Å². The van der Waals surface area contributed by atoms with Crippen molar-refractivity contribution >= 4 is 40.1 Å². The predicted octanol–water partition coefficient (Wildman–Crippen LogP) is 4.76. The van der Waals surface area contributed by atoms with Gasteiger partial charge in [-0.25, -0.2) is 4.99 Å². The number of aliphatic imine (C=N–C) groups is 1. The van der Waals surface area contributed by atoms with Crippen LogP contribution < -0.4 is 5.32 Å². The first-order valence-corrected chi connectivity index (χ1v) is 10.4. The smallest absolute Gasteiger partial charge is 0.242 e. The van der Waals surface area contributed by atoms with E-state index in [-0.39, 0.29) is 18.2 Å². The van der Waals surface area contributed by atoms with Crippen LogP contribution in [-0.4, -0.2) is 33.7 Å². The maximum absolute atomic E-state index is 12.9. The van der Waals surface area contributed by atoms with E-state index in [1.54, 1.807) is 11.0 Å². The Labute approximate surface area is 175 Å². The van der Waals surface area contributed by atoms with Crippen molar-refractivity contribution in [2.24, 2.45) is 4.99 Å². The van der Waals surface area contributed by atoms with Gasteiger partial charge in [-0.3, -0.25) is 14.5 Å². The molecule has 150 valence electrons. The van der Waals surface area contributed by atoms with Crippen molar-refractivity contribution in [3.63, 3.8) is 0 Å². The summed E-state index contributed by atoms with van der Waals surface area (Å²) in [6, 6.07) is 13.7. The monoisotopic (exact) mass is 407 g/mol. The summed E-state index contributed by atoms with van der Waals surface area (Å²) in [7, 11) is 0. The molecule has 0 aromatic heterocycles. The number of nitrogens with one attached hydrogen (secondary N) is 1. The zero-order valence-electron chi connectivity index (χ0n) is 16.9. The third-order valence-corrected chi connectivity index (χ3v) is 5.88. The average molecular weight is 408 g/mol. The molecule has 1 aliphatic heterocycles. The minimum Gasteiger partial charge on any atom is -0.326 e. The van der Waals surface area contributed by atoms with Gasteiger partial charge in [0.15, 0.2) is 5.17 Å². The van der Waals surface area contributed by atoms with Gasteiger partial charge in [-0.05, 0) is 44.0 Å². The van der Waals surface area contributed by atoms with E-state index < -0.39 is 5.25 Å². The van der Waals surface area contributed by atoms with Gasteiger partial charge in [0, 0.05) is 18.7 Å². The summed E-state index contributed by atoms with van der Waals surface area (Å²) in [5.74, 6) is -0.291. The fourth-order valence-corrected chi connectivity index (χ4v) is 4.29. The fraction of sp³-hybridized carbons (Fsp3) is 0.261. The first kappa shape index (κ1) is 20.9. The van der Waals surface area contributed by atoms with Crippen LogP contribution in [0.4, 0.5) is 11.4 Å². The van der Waals surface area contributed by atoms with E-state index in [4.69, 9.17) is 0 Å².